The molecule has 0 bridgehead atoms. The van der Waals surface area contributed by atoms with Crippen LogP contribution in [0.2, 0.25) is 0 Å². The first-order chi connectivity index (χ1) is 10.0. The monoisotopic (exact) mass is 294 g/mol. The second-order valence-corrected chi connectivity index (χ2v) is 4.14. The number of ether oxygens (including phenoxy) is 1. The SMILES string of the molecule is CCOC(=O)CNC(=O)Cn1cnc2c(nnn2C)c1=O. The number of aromatic nitrogens is 5. The molecular formula is C11H14N6O4. The molecule has 2 aromatic heterocycles. The van der Waals surface area contributed by atoms with Gasteiger partial charge in [-0.2, -0.15) is 0 Å². The van der Waals surface area contributed by atoms with Crippen LogP contribution in [-0.2, 0) is 27.9 Å². The van der Waals surface area contributed by atoms with Crippen molar-refractivity contribution in [2.24, 2.45) is 7.05 Å². The second-order valence-electron chi connectivity index (χ2n) is 4.14. The molecule has 2 heterocycles. The van der Waals surface area contributed by atoms with E-state index in [0.29, 0.717) is 5.65 Å². The molecule has 0 fully saturated rings. The zero-order valence-corrected chi connectivity index (χ0v) is 11.6. The summed E-state index contributed by atoms with van der Waals surface area (Å²) in [4.78, 5) is 38.8. The molecule has 10 nitrogen and oxygen atoms in total. The van der Waals surface area contributed by atoms with E-state index in [1.54, 1.807) is 14.0 Å². The third-order valence-electron chi connectivity index (χ3n) is 2.63. The number of carbonyl (C=O) groups is 2. The van der Waals surface area contributed by atoms with Gasteiger partial charge >= 0.3 is 5.97 Å². The number of nitrogens with one attached hydrogen (secondary N) is 1. The molecule has 0 aliphatic rings. The Morgan fingerprint density at radius 1 is 1.43 bits per heavy atom. The molecule has 1 amide bonds. The predicted molar refractivity (Wildman–Crippen MR) is 70.2 cm³/mol. The summed E-state index contributed by atoms with van der Waals surface area (Å²) in [5, 5.41) is 9.74. The number of aryl methyl sites for hydroxylation is 1. The quantitative estimate of drug-likeness (QED) is 0.646. The lowest BCUT2D eigenvalue weighted by molar-refractivity contribution is -0.143. The number of esters is 1. The van der Waals surface area contributed by atoms with Crippen LogP contribution < -0.4 is 10.9 Å². The molecule has 2 rings (SSSR count). The summed E-state index contributed by atoms with van der Waals surface area (Å²) >= 11 is 0. The van der Waals surface area contributed by atoms with Crippen molar-refractivity contribution in [2.45, 2.75) is 13.5 Å². The maximum Gasteiger partial charge on any atom is 0.325 e. The number of rotatable bonds is 5. The van der Waals surface area contributed by atoms with Gasteiger partial charge in [-0.3, -0.25) is 19.0 Å². The van der Waals surface area contributed by atoms with E-state index in [-0.39, 0.29) is 25.2 Å². The van der Waals surface area contributed by atoms with Gasteiger partial charge in [0.15, 0.2) is 11.2 Å². The highest BCUT2D eigenvalue weighted by Gasteiger charge is 2.12. The molecule has 0 aliphatic carbocycles. The Kier molecular flexibility index (Phi) is 4.26. The highest BCUT2D eigenvalue weighted by molar-refractivity contribution is 5.81. The summed E-state index contributed by atoms with van der Waals surface area (Å²) in [7, 11) is 1.61. The van der Waals surface area contributed by atoms with Crippen LogP contribution in [0.5, 0.6) is 0 Å². The second kappa shape index (κ2) is 6.11. The van der Waals surface area contributed by atoms with Gasteiger partial charge in [0.25, 0.3) is 5.56 Å². The number of hydrogen-bond acceptors (Lipinski definition) is 7. The molecule has 112 valence electrons. The van der Waals surface area contributed by atoms with Crippen molar-refractivity contribution in [3.63, 3.8) is 0 Å². The van der Waals surface area contributed by atoms with Gasteiger partial charge in [-0.25, -0.2) is 9.67 Å². The first-order valence-electron chi connectivity index (χ1n) is 6.20. The minimum absolute atomic E-state index is 0.0817. The third kappa shape index (κ3) is 3.22. The summed E-state index contributed by atoms with van der Waals surface area (Å²) in [5.74, 6) is -1.05. The summed E-state index contributed by atoms with van der Waals surface area (Å²) in [6, 6.07) is 0. The Bertz CT molecular complexity index is 734. The van der Waals surface area contributed by atoms with Crippen LogP contribution in [0.25, 0.3) is 11.2 Å². The Hall–Kier alpha value is -2.78. The van der Waals surface area contributed by atoms with Crippen molar-refractivity contribution in [3.8, 4) is 0 Å². The molecule has 0 aliphatic heterocycles. The average molecular weight is 294 g/mol. The zero-order valence-electron chi connectivity index (χ0n) is 11.6. The summed E-state index contributed by atoms with van der Waals surface area (Å²) in [6.07, 6.45) is 1.23. The summed E-state index contributed by atoms with van der Waals surface area (Å²) < 4.78 is 7.13. The summed E-state index contributed by atoms with van der Waals surface area (Å²) in [6.45, 7) is 1.39. The van der Waals surface area contributed by atoms with Gasteiger partial charge in [-0.05, 0) is 6.92 Å². The molecule has 0 spiro atoms. The molecule has 0 atom stereocenters. The lowest BCUT2D eigenvalue weighted by atomic mass is 10.5. The fourth-order valence-corrected chi connectivity index (χ4v) is 1.65. The number of hydrogen-bond donors (Lipinski definition) is 1. The molecule has 0 saturated heterocycles. The fourth-order valence-electron chi connectivity index (χ4n) is 1.65. The van der Waals surface area contributed by atoms with Crippen LogP contribution in [-0.4, -0.2) is 49.6 Å². The van der Waals surface area contributed by atoms with E-state index in [1.165, 1.54) is 11.0 Å². The molecular weight excluding hydrogens is 280 g/mol. The van der Waals surface area contributed by atoms with E-state index in [9.17, 15) is 14.4 Å². The van der Waals surface area contributed by atoms with Gasteiger partial charge in [0, 0.05) is 7.05 Å². The standard InChI is InChI=1S/C11H14N6O4/c1-3-21-8(19)4-12-7(18)5-17-6-13-10-9(11(17)20)14-15-16(10)2/h6H,3-5H2,1-2H3,(H,12,18). The lowest BCUT2D eigenvalue weighted by Gasteiger charge is -2.06. The van der Waals surface area contributed by atoms with Crippen molar-refractivity contribution in [3.05, 3.63) is 16.7 Å². The van der Waals surface area contributed by atoms with Crippen molar-refractivity contribution < 1.29 is 14.3 Å². The van der Waals surface area contributed by atoms with Gasteiger partial charge in [0.1, 0.15) is 19.4 Å². The van der Waals surface area contributed by atoms with Gasteiger partial charge in [0.05, 0.1) is 6.61 Å². The first-order valence-corrected chi connectivity index (χ1v) is 6.20. The molecule has 0 aromatic carbocycles. The van der Waals surface area contributed by atoms with Crippen molar-refractivity contribution in [2.75, 3.05) is 13.2 Å². The van der Waals surface area contributed by atoms with Crippen LogP contribution in [0.4, 0.5) is 0 Å². The number of fused-ring (bicyclic) bond motifs is 1. The number of amides is 1. The van der Waals surface area contributed by atoms with E-state index in [0.717, 1.165) is 4.57 Å². The Morgan fingerprint density at radius 3 is 2.90 bits per heavy atom. The van der Waals surface area contributed by atoms with E-state index in [1.807, 2.05) is 0 Å². The van der Waals surface area contributed by atoms with Crippen LogP contribution in [0.15, 0.2) is 11.1 Å². The normalized spacial score (nSPS) is 10.6. The number of carbonyl (C=O) groups excluding carboxylic acids is 2. The number of nitrogens with zero attached hydrogens (tertiary/aromatic N) is 5. The molecule has 10 heteroatoms. The minimum Gasteiger partial charge on any atom is -0.465 e. The largest absolute Gasteiger partial charge is 0.465 e. The van der Waals surface area contributed by atoms with E-state index >= 15 is 0 Å². The van der Waals surface area contributed by atoms with Crippen LogP contribution >= 0.6 is 0 Å². The first kappa shape index (κ1) is 14.6. The Balaban J connectivity index is 2.06. The van der Waals surface area contributed by atoms with Crippen LogP contribution in [0.3, 0.4) is 0 Å². The van der Waals surface area contributed by atoms with E-state index in [4.69, 9.17) is 0 Å². The predicted octanol–water partition coefficient (Wildman–Crippen LogP) is -1.80. The molecule has 0 radical (unpaired) electrons. The van der Waals surface area contributed by atoms with E-state index < -0.39 is 17.4 Å². The molecule has 1 N–H and O–H groups in total. The zero-order chi connectivity index (χ0) is 15.4. The molecule has 0 unspecified atom stereocenters. The average Bonchev–Trinajstić information content (AvgIpc) is 2.82. The topological polar surface area (TPSA) is 121 Å². The molecule has 2 aromatic rings. The van der Waals surface area contributed by atoms with Crippen molar-refractivity contribution in [1.29, 1.82) is 0 Å². The maximum absolute atomic E-state index is 12.1. The van der Waals surface area contributed by atoms with Gasteiger partial charge in [-0.15, -0.1) is 5.10 Å². The van der Waals surface area contributed by atoms with Gasteiger partial charge in [0.2, 0.25) is 5.91 Å². The van der Waals surface area contributed by atoms with Gasteiger partial charge < -0.3 is 10.1 Å². The maximum atomic E-state index is 12.1. The Labute approximate surface area is 118 Å². The third-order valence-corrected chi connectivity index (χ3v) is 2.63. The smallest absolute Gasteiger partial charge is 0.325 e. The molecule has 0 saturated carbocycles. The van der Waals surface area contributed by atoms with Crippen LogP contribution in [0, 0.1) is 0 Å². The van der Waals surface area contributed by atoms with Crippen molar-refractivity contribution in [1.82, 2.24) is 29.9 Å². The highest BCUT2D eigenvalue weighted by atomic mass is 16.5. The van der Waals surface area contributed by atoms with E-state index in [2.05, 4.69) is 25.3 Å². The summed E-state index contributed by atoms with van der Waals surface area (Å²) in [5.41, 5.74) is -0.0549. The molecule has 21 heavy (non-hydrogen) atoms. The lowest BCUT2D eigenvalue weighted by Crippen LogP contribution is -2.36. The van der Waals surface area contributed by atoms with Gasteiger partial charge in [-0.1, -0.05) is 5.21 Å². The highest BCUT2D eigenvalue weighted by Crippen LogP contribution is 1.99. The minimum atomic E-state index is -0.541. The Morgan fingerprint density at radius 2 is 2.19 bits per heavy atom. The van der Waals surface area contributed by atoms with Crippen LogP contribution in [0.1, 0.15) is 6.92 Å². The fraction of sp³-hybridized carbons (Fsp3) is 0.455. The van der Waals surface area contributed by atoms with Crippen molar-refractivity contribution >= 4 is 23.0 Å².